The van der Waals surface area contributed by atoms with Crippen molar-refractivity contribution in [1.29, 1.82) is 0 Å². The highest BCUT2D eigenvalue weighted by molar-refractivity contribution is 5.96. The van der Waals surface area contributed by atoms with Gasteiger partial charge in [-0.25, -0.2) is 4.79 Å². The second kappa shape index (κ2) is 6.55. The number of rotatable bonds is 5. The highest BCUT2D eigenvalue weighted by Crippen LogP contribution is 2.19. The van der Waals surface area contributed by atoms with Crippen molar-refractivity contribution in [3.63, 3.8) is 0 Å². The molecule has 0 saturated carbocycles. The Morgan fingerprint density at radius 3 is 2.55 bits per heavy atom. The van der Waals surface area contributed by atoms with Crippen molar-refractivity contribution < 1.29 is 19.8 Å². The van der Waals surface area contributed by atoms with Crippen LogP contribution in [0.5, 0.6) is 0 Å². The van der Waals surface area contributed by atoms with Crippen LogP contribution in [0.25, 0.3) is 0 Å². The molecule has 1 aliphatic carbocycles. The quantitative estimate of drug-likeness (QED) is 0.601. The second-order valence-corrected chi connectivity index (χ2v) is 5.24. The number of aliphatic carboxylic acids is 1. The van der Waals surface area contributed by atoms with Gasteiger partial charge in [-0.15, -0.1) is 0 Å². The number of nitrogens with one attached hydrogen (secondary N) is 1. The van der Waals surface area contributed by atoms with Crippen molar-refractivity contribution >= 4 is 11.9 Å². The molecular weight excluding hydrogens is 284 g/mol. The maximum Gasteiger partial charge on any atom is 0.326 e. The first kappa shape index (κ1) is 15.9. The van der Waals surface area contributed by atoms with Crippen LogP contribution < -0.4 is 11.1 Å². The first-order valence-electron chi connectivity index (χ1n) is 6.86. The zero-order valence-electron chi connectivity index (χ0n) is 11.9. The first-order chi connectivity index (χ1) is 10.4. The van der Waals surface area contributed by atoms with E-state index >= 15 is 0 Å². The topological polar surface area (TPSA) is 113 Å². The molecule has 6 heteroatoms. The summed E-state index contributed by atoms with van der Waals surface area (Å²) in [6, 6.07) is 7.37. The molecule has 22 heavy (non-hydrogen) atoms. The molecule has 1 unspecified atom stereocenters. The fourth-order valence-corrected chi connectivity index (χ4v) is 2.10. The molecular formula is C16H18N2O4. The lowest BCUT2D eigenvalue weighted by atomic mass is 9.96. The molecule has 1 amide bonds. The number of carbonyl (C=O) groups is 2. The molecule has 1 aromatic carbocycles. The number of hydrogen-bond donors (Lipinski definition) is 4. The molecule has 116 valence electrons. The average molecular weight is 302 g/mol. The zero-order chi connectivity index (χ0) is 16.2. The van der Waals surface area contributed by atoms with Gasteiger partial charge in [0.15, 0.2) is 0 Å². The van der Waals surface area contributed by atoms with E-state index in [0.29, 0.717) is 11.1 Å². The van der Waals surface area contributed by atoms with Crippen LogP contribution in [-0.2, 0) is 4.79 Å². The fraction of sp³-hybridized carbons (Fsp3) is 0.250. The number of hydrogen-bond acceptors (Lipinski definition) is 4. The Morgan fingerprint density at radius 2 is 2.00 bits per heavy atom. The van der Waals surface area contributed by atoms with E-state index in [-0.39, 0.29) is 12.8 Å². The Morgan fingerprint density at radius 1 is 1.32 bits per heavy atom. The fourth-order valence-electron chi connectivity index (χ4n) is 2.10. The molecule has 0 heterocycles. The molecule has 0 radical (unpaired) electrons. The predicted octanol–water partition coefficient (Wildman–Crippen LogP) is 0.793. The molecule has 1 aliphatic rings. The second-order valence-electron chi connectivity index (χ2n) is 5.24. The summed E-state index contributed by atoms with van der Waals surface area (Å²) >= 11 is 0. The van der Waals surface area contributed by atoms with E-state index in [1.54, 1.807) is 42.5 Å². The van der Waals surface area contributed by atoms with E-state index in [2.05, 4.69) is 5.32 Å². The van der Waals surface area contributed by atoms with Crippen LogP contribution in [0.4, 0.5) is 0 Å². The molecule has 1 aromatic rings. The van der Waals surface area contributed by atoms with Crippen LogP contribution in [0.15, 0.2) is 54.1 Å². The first-order valence-corrected chi connectivity index (χ1v) is 6.86. The highest BCUT2D eigenvalue weighted by atomic mass is 16.4. The van der Waals surface area contributed by atoms with Gasteiger partial charge >= 0.3 is 5.97 Å². The molecule has 0 saturated heterocycles. The zero-order valence-corrected chi connectivity index (χ0v) is 11.9. The van der Waals surface area contributed by atoms with Crippen LogP contribution in [0, 0.1) is 0 Å². The SMILES string of the molecule is NC1(O)C=CC(C[C@H](NC(=O)c2ccccc2)C(=O)O)=CC1. The summed E-state index contributed by atoms with van der Waals surface area (Å²) in [7, 11) is 0. The Kier molecular flexibility index (Phi) is 4.75. The Bertz CT molecular complexity index is 620. The van der Waals surface area contributed by atoms with Crippen LogP contribution in [0.1, 0.15) is 23.2 Å². The van der Waals surface area contributed by atoms with E-state index in [4.69, 9.17) is 5.73 Å². The normalized spacial score (nSPS) is 21.8. The van der Waals surface area contributed by atoms with Crippen molar-refractivity contribution in [3.8, 4) is 0 Å². The number of carbonyl (C=O) groups excluding carboxylic acids is 1. The van der Waals surface area contributed by atoms with Gasteiger partial charge in [-0.1, -0.05) is 30.4 Å². The number of carboxylic acid groups (broad SMARTS) is 1. The number of allylic oxidation sites excluding steroid dienone is 1. The molecule has 0 bridgehead atoms. The molecule has 0 aliphatic heterocycles. The van der Waals surface area contributed by atoms with Crippen molar-refractivity contribution in [1.82, 2.24) is 5.32 Å². The Labute approximate surface area is 127 Å². The monoisotopic (exact) mass is 302 g/mol. The van der Waals surface area contributed by atoms with Crippen molar-refractivity contribution in [3.05, 3.63) is 59.7 Å². The summed E-state index contributed by atoms with van der Waals surface area (Å²) in [6.07, 6.45) is 5.00. The molecule has 5 N–H and O–H groups in total. The molecule has 0 fully saturated rings. The highest BCUT2D eigenvalue weighted by Gasteiger charge is 2.24. The van der Waals surface area contributed by atoms with Gasteiger partial charge in [-0.3, -0.25) is 4.79 Å². The van der Waals surface area contributed by atoms with E-state index < -0.39 is 23.6 Å². The van der Waals surface area contributed by atoms with E-state index in [0.717, 1.165) is 0 Å². The number of amides is 1. The maximum absolute atomic E-state index is 12.0. The maximum atomic E-state index is 12.0. The summed E-state index contributed by atoms with van der Waals surface area (Å²) < 4.78 is 0. The Balaban J connectivity index is 2.03. The smallest absolute Gasteiger partial charge is 0.326 e. The molecule has 0 aromatic heterocycles. The lowest BCUT2D eigenvalue weighted by Crippen LogP contribution is -2.41. The lowest BCUT2D eigenvalue weighted by Gasteiger charge is -2.23. The minimum absolute atomic E-state index is 0.125. The van der Waals surface area contributed by atoms with Crippen LogP contribution >= 0.6 is 0 Å². The van der Waals surface area contributed by atoms with Gasteiger partial charge in [0.05, 0.1) is 0 Å². The third kappa shape index (κ3) is 4.28. The standard InChI is InChI=1S/C16H18N2O4/c17-16(22)8-6-11(7-9-16)10-13(15(20)21)18-14(19)12-4-2-1-3-5-12/h1-8,13,22H,9-10,17H2,(H,18,19)(H,20,21)/t13-,16?/m0/s1. The molecule has 6 nitrogen and oxygen atoms in total. The van der Waals surface area contributed by atoms with Crippen molar-refractivity contribution in [2.45, 2.75) is 24.6 Å². The molecule has 2 atom stereocenters. The van der Waals surface area contributed by atoms with Crippen molar-refractivity contribution in [2.75, 3.05) is 0 Å². The number of aliphatic hydroxyl groups is 1. The number of nitrogens with two attached hydrogens (primary N) is 1. The summed E-state index contributed by atoms with van der Waals surface area (Å²) in [5.41, 5.74) is 5.24. The van der Waals surface area contributed by atoms with Gasteiger partial charge in [-0.05, 0) is 23.8 Å². The third-order valence-electron chi connectivity index (χ3n) is 3.36. The largest absolute Gasteiger partial charge is 0.480 e. The number of benzene rings is 1. The van der Waals surface area contributed by atoms with Gasteiger partial charge in [0, 0.05) is 18.4 Å². The van der Waals surface area contributed by atoms with Gasteiger partial charge < -0.3 is 21.3 Å². The summed E-state index contributed by atoms with van der Waals surface area (Å²) in [5, 5.41) is 21.3. The third-order valence-corrected chi connectivity index (χ3v) is 3.36. The summed E-state index contributed by atoms with van der Waals surface area (Å²) in [4.78, 5) is 23.4. The summed E-state index contributed by atoms with van der Waals surface area (Å²) in [6.45, 7) is 0. The molecule has 0 spiro atoms. The lowest BCUT2D eigenvalue weighted by molar-refractivity contribution is -0.139. The predicted molar refractivity (Wildman–Crippen MR) is 80.9 cm³/mol. The van der Waals surface area contributed by atoms with Gasteiger partial charge in [0.25, 0.3) is 5.91 Å². The Hall–Kier alpha value is -2.44. The average Bonchev–Trinajstić information content (AvgIpc) is 2.49. The number of carboxylic acids is 1. The van der Waals surface area contributed by atoms with Crippen LogP contribution in [-0.4, -0.2) is 33.9 Å². The summed E-state index contributed by atoms with van der Waals surface area (Å²) in [5.74, 6) is -1.56. The van der Waals surface area contributed by atoms with Crippen LogP contribution in [0.2, 0.25) is 0 Å². The van der Waals surface area contributed by atoms with Gasteiger partial charge in [-0.2, -0.15) is 0 Å². The van der Waals surface area contributed by atoms with Gasteiger partial charge in [0.2, 0.25) is 0 Å². The van der Waals surface area contributed by atoms with E-state index in [1.165, 1.54) is 6.08 Å². The van der Waals surface area contributed by atoms with E-state index in [9.17, 15) is 19.8 Å². The van der Waals surface area contributed by atoms with E-state index in [1.807, 2.05) is 0 Å². The molecule has 2 rings (SSSR count). The van der Waals surface area contributed by atoms with Crippen molar-refractivity contribution in [2.24, 2.45) is 5.73 Å². The van der Waals surface area contributed by atoms with Crippen LogP contribution in [0.3, 0.4) is 0 Å². The minimum Gasteiger partial charge on any atom is -0.480 e. The minimum atomic E-state index is -1.39. The van der Waals surface area contributed by atoms with Gasteiger partial charge in [0.1, 0.15) is 11.8 Å².